The standard InChI is InChI=1S/C11H13F3N2O2/c1-2-16(6-11(12,13)14)10(18)7-4-3-5-8(15)9(7)17/h3-5,17H,2,6,15H2,1H3. The molecule has 100 valence electrons. The zero-order chi connectivity index (χ0) is 13.9. The minimum Gasteiger partial charge on any atom is -0.505 e. The quantitative estimate of drug-likeness (QED) is 0.646. The van der Waals surface area contributed by atoms with E-state index in [1.807, 2.05) is 0 Å². The lowest BCUT2D eigenvalue weighted by molar-refractivity contribution is -0.140. The van der Waals surface area contributed by atoms with Crippen LogP contribution in [0, 0.1) is 0 Å². The maximum absolute atomic E-state index is 12.3. The summed E-state index contributed by atoms with van der Waals surface area (Å²) in [6.07, 6.45) is -4.48. The van der Waals surface area contributed by atoms with Crippen molar-refractivity contribution in [2.45, 2.75) is 13.1 Å². The molecule has 4 nitrogen and oxygen atoms in total. The summed E-state index contributed by atoms with van der Waals surface area (Å²) in [5.74, 6) is -1.40. The third-order valence-corrected chi connectivity index (χ3v) is 2.34. The van der Waals surface area contributed by atoms with Gasteiger partial charge in [0.2, 0.25) is 0 Å². The minimum atomic E-state index is -4.48. The molecule has 0 aliphatic rings. The molecule has 18 heavy (non-hydrogen) atoms. The Labute approximate surface area is 102 Å². The maximum atomic E-state index is 12.3. The second-order valence-corrected chi connectivity index (χ2v) is 3.68. The van der Waals surface area contributed by atoms with Gasteiger partial charge in [0.25, 0.3) is 5.91 Å². The van der Waals surface area contributed by atoms with Crippen LogP contribution >= 0.6 is 0 Å². The number of halogens is 3. The van der Waals surface area contributed by atoms with E-state index >= 15 is 0 Å². The van der Waals surface area contributed by atoms with E-state index in [0.29, 0.717) is 4.90 Å². The summed E-state index contributed by atoms with van der Waals surface area (Å²) in [7, 11) is 0. The normalized spacial score (nSPS) is 11.3. The van der Waals surface area contributed by atoms with Crippen LogP contribution in [0.3, 0.4) is 0 Å². The molecule has 0 saturated carbocycles. The van der Waals surface area contributed by atoms with Gasteiger partial charge in [-0.2, -0.15) is 13.2 Å². The van der Waals surface area contributed by atoms with Crippen molar-refractivity contribution in [2.75, 3.05) is 18.8 Å². The average molecular weight is 262 g/mol. The highest BCUT2D eigenvalue weighted by molar-refractivity contribution is 5.98. The first kappa shape index (κ1) is 14.1. The van der Waals surface area contributed by atoms with E-state index in [-0.39, 0.29) is 17.8 Å². The number of nitrogens with two attached hydrogens (primary N) is 1. The van der Waals surface area contributed by atoms with Gasteiger partial charge in [-0.25, -0.2) is 0 Å². The van der Waals surface area contributed by atoms with Crippen molar-refractivity contribution in [2.24, 2.45) is 0 Å². The average Bonchev–Trinajstić information content (AvgIpc) is 2.27. The van der Waals surface area contributed by atoms with Gasteiger partial charge in [0.15, 0.2) is 5.75 Å². The molecule has 1 aromatic carbocycles. The van der Waals surface area contributed by atoms with Crippen LogP contribution in [0.4, 0.5) is 18.9 Å². The second kappa shape index (κ2) is 5.16. The topological polar surface area (TPSA) is 66.6 Å². The van der Waals surface area contributed by atoms with Crippen LogP contribution in [0.2, 0.25) is 0 Å². The van der Waals surface area contributed by atoms with E-state index in [2.05, 4.69) is 0 Å². The highest BCUT2D eigenvalue weighted by Gasteiger charge is 2.33. The molecule has 1 aromatic rings. The molecule has 1 amide bonds. The molecule has 0 fully saturated rings. The fraction of sp³-hybridized carbons (Fsp3) is 0.364. The Morgan fingerprint density at radius 2 is 2.06 bits per heavy atom. The van der Waals surface area contributed by atoms with Gasteiger partial charge < -0.3 is 15.7 Å². The molecule has 3 N–H and O–H groups in total. The van der Waals surface area contributed by atoms with Gasteiger partial charge in [-0.15, -0.1) is 0 Å². The number of nitrogen functional groups attached to an aromatic ring is 1. The fourth-order valence-electron chi connectivity index (χ4n) is 1.45. The molecular weight excluding hydrogens is 249 g/mol. The number of rotatable bonds is 3. The first-order chi connectivity index (χ1) is 8.26. The first-order valence-electron chi connectivity index (χ1n) is 5.19. The number of hydrogen-bond donors (Lipinski definition) is 2. The number of aromatic hydroxyl groups is 1. The second-order valence-electron chi connectivity index (χ2n) is 3.68. The molecule has 1 rings (SSSR count). The number of benzene rings is 1. The van der Waals surface area contributed by atoms with Gasteiger partial charge in [0.05, 0.1) is 11.3 Å². The van der Waals surface area contributed by atoms with Crippen molar-refractivity contribution < 1.29 is 23.1 Å². The molecular formula is C11H13F3N2O2. The fourth-order valence-corrected chi connectivity index (χ4v) is 1.45. The van der Waals surface area contributed by atoms with Gasteiger partial charge in [-0.3, -0.25) is 4.79 Å². The molecule has 0 heterocycles. The van der Waals surface area contributed by atoms with E-state index in [0.717, 1.165) is 0 Å². The van der Waals surface area contributed by atoms with Crippen molar-refractivity contribution in [3.63, 3.8) is 0 Å². The number of hydrogen-bond acceptors (Lipinski definition) is 3. The van der Waals surface area contributed by atoms with Crippen molar-refractivity contribution >= 4 is 11.6 Å². The van der Waals surface area contributed by atoms with Gasteiger partial charge in [-0.05, 0) is 19.1 Å². The molecule has 0 bridgehead atoms. The van der Waals surface area contributed by atoms with Crippen molar-refractivity contribution in [3.05, 3.63) is 23.8 Å². The van der Waals surface area contributed by atoms with Crippen LogP contribution in [0.1, 0.15) is 17.3 Å². The number of carbonyl (C=O) groups excluding carboxylic acids is 1. The molecule has 0 aliphatic carbocycles. The van der Waals surface area contributed by atoms with Crippen LogP contribution in [-0.4, -0.2) is 35.2 Å². The predicted molar refractivity (Wildman–Crippen MR) is 60.2 cm³/mol. The Bertz CT molecular complexity index is 446. The summed E-state index contributed by atoms with van der Waals surface area (Å²) in [6, 6.07) is 3.98. The summed E-state index contributed by atoms with van der Waals surface area (Å²) in [5, 5.41) is 9.56. The number of phenols is 1. The maximum Gasteiger partial charge on any atom is 0.406 e. The van der Waals surface area contributed by atoms with E-state index in [1.165, 1.54) is 25.1 Å². The Hall–Kier alpha value is -1.92. The number of para-hydroxylation sites is 1. The number of alkyl halides is 3. The van der Waals surface area contributed by atoms with Gasteiger partial charge in [0, 0.05) is 6.54 Å². The van der Waals surface area contributed by atoms with Gasteiger partial charge >= 0.3 is 6.18 Å². The molecule has 7 heteroatoms. The molecule has 0 atom stereocenters. The van der Waals surface area contributed by atoms with Gasteiger partial charge in [0.1, 0.15) is 6.54 Å². The predicted octanol–water partition coefficient (Wildman–Crippen LogP) is 2.00. The van der Waals surface area contributed by atoms with Crippen molar-refractivity contribution in [3.8, 4) is 5.75 Å². The Morgan fingerprint density at radius 1 is 1.44 bits per heavy atom. The number of carbonyl (C=O) groups is 1. The minimum absolute atomic E-state index is 0.0519. The lowest BCUT2D eigenvalue weighted by atomic mass is 10.1. The summed E-state index contributed by atoms with van der Waals surface area (Å²) < 4.78 is 36.8. The van der Waals surface area contributed by atoms with Crippen molar-refractivity contribution in [1.29, 1.82) is 0 Å². The van der Waals surface area contributed by atoms with Crippen LogP contribution < -0.4 is 5.73 Å². The molecule has 0 spiro atoms. The number of nitrogens with zero attached hydrogens (tertiary/aromatic N) is 1. The number of amides is 1. The summed E-state index contributed by atoms with van der Waals surface area (Å²) >= 11 is 0. The first-order valence-corrected chi connectivity index (χ1v) is 5.19. The zero-order valence-electron chi connectivity index (χ0n) is 9.66. The lowest BCUT2D eigenvalue weighted by Gasteiger charge is -2.22. The molecule has 0 aromatic heterocycles. The molecule has 0 saturated heterocycles. The van der Waals surface area contributed by atoms with E-state index in [9.17, 15) is 23.1 Å². The smallest absolute Gasteiger partial charge is 0.406 e. The van der Waals surface area contributed by atoms with E-state index in [1.54, 1.807) is 0 Å². The van der Waals surface area contributed by atoms with E-state index < -0.39 is 24.4 Å². The summed E-state index contributed by atoms with van der Waals surface area (Å²) in [4.78, 5) is 12.4. The largest absolute Gasteiger partial charge is 0.505 e. The van der Waals surface area contributed by atoms with Crippen LogP contribution in [0.5, 0.6) is 5.75 Å². The van der Waals surface area contributed by atoms with Crippen LogP contribution in [-0.2, 0) is 0 Å². The van der Waals surface area contributed by atoms with Crippen molar-refractivity contribution in [1.82, 2.24) is 4.90 Å². The molecule has 0 radical (unpaired) electrons. The monoisotopic (exact) mass is 262 g/mol. The number of anilines is 1. The third-order valence-electron chi connectivity index (χ3n) is 2.34. The van der Waals surface area contributed by atoms with E-state index in [4.69, 9.17) is 5.73 Å². The Kier molecular flexibility index (Phi) is 4.05. The highest BCUT2D eigenvalue weighted by Crippen LogP contribution is 2.26. The Balaban J connectivity index is 3.01. The SMILES string of the molecule is CCN(CC(F)(F)F)C(=O)c1cccc(N)c1O. The third kappa shape index (κ3) is 3.28. The summed E-state index contributed by atoms with van der Waals surface area (Å²) in [5.41, 5.74) is 5.10. The number of phenolic OH excluding ortho intramolecular Hbond substituents is 1. The lowest BCUT2D eigenvalue weighted by Crippen LogP contribution is -2.38. The van der Waals surface area contributed by atoms with Gasteiger partial charge in [-0.1, -0.05) is 6.07 Å². The highest BCUT2D eigenvalue weighted by atomic mass is 19.4. The van der Waals surface area contributed by atoms with Crippen LogP contribution in [0.25, 0.3) is 0 Å². The van der Waals surface area contributed by atoms with Crippen LogP contribution in [0.15, 0.2) is 18.2 Å². The summed E-state index contributed by atoms with van der Waals surface area (Å²) in [6.45, 7) is -0.0594. The zero-order valence-corrected chi connectivity index (χ0v) is 9.66. The molecule has 0 aliphatic heterocycles. The molecule has 0 unspecified atom stereocenters. The Morgan fingerprint density at radius 3 is 2.56 bits per heavy atom.